The van der Waals surface area contributed by atoms with Crippen LogP contribution in [-0.4, -0.2) is 96.7 Å². The molecule has 0 radical (unpaired) electrons. The second-order valence-corrected chi connectivity index (χ2v) is 30.2. The van der Waals surface area contributed by atoms with Gasteiger partial charge in [0.2, 0.25) is 0 Å². The highest BCUT2D eigenvalue weighted by molar-refractivity contribution is 7.47. The Kier molecular flexibility index (Phi) is 77.9. The Balaban J connectivity index is 5.52. The summed E-state index contributed by atoms with van der Waals surface area (Å²) >= 11 is 0. The summed E-state index contributed by atoms with van der Waals surface area (Å²) in [5.41, 5.74) is 0. The first-order valence-electron chi connectivity index (χ1n) is 42.3. The molecule has 17 nitrogen and oxygen atoms in total. The largest absolute Gasteiger partial charge is 0.472 e. The molecule has 632 valence electrons. The van der Waals surface area contributed by atoms with E-state index in [0.29, 0.717) is 25.7 Å². The van der Waals surface area contributed by atoms with Gasteiger partial charge in [0, 0.05) is 25.7 Å². The zero-order valence-corrected chi connectivity index (χ0v) is 71.0. The van der Waals surface area contributed by atoms with Gasteiger partial charge in [0.05, 0.1) is 26.4 Å². The highest BCUT2D eigenvalue weighted by Crippen LogP contribution is 2.45. The van der Waals surface area contributed by atoms with Crippen LogP contribution < -0.4 is 0 Å². The van der Waals surface area contributed by atoms with Gasteiger partial charge < -0.3 is 33.8 Å². The first-order valence-corrected chi connectivity index (χ1v) is 45.3. The predicted molar refractivity (Wildman–Crippen MR) is 463 cm³/mol. The molecule has 0 bridgehead atoms. The lowest BCUT2D eigenvalue weighted by Crippen LogP contribution is -2.30. The molecule has 0 aromatic heterocycles. The Morgan fingerprint density at radius 1 is 0.259 bits per heavy atom. The van der Waals surface area contributed by atoms with E-state index in [0.717, 1.165) is 199 Å². The molecule has 0 fully saturated rings. The standard InChI is InChI=1S/C93H148O17P2/c1-5-9-13-17-21-25-29-33-37-40-43-46-50-53-57-61-65-69-73-77-90(95)103-83-88(109-92(97)79-75-71-67-63-59-55-49-36-32-28-24-20-16-12-8-4)85-107-111(99,100)105-81-87(94)82-106-112(101,102)108-86-89(110-93(98)80-76-72-68-64-60-56-52-48-45-42-39-35-31-27-23-19-15-11-7-3)84-104-91(96)78-74-70-66-62-58-54-51-47-44-41-38-34-30-26-22-18-14-10-6-2/h9-11,13-15,21-28,33-39,43-49,53-54,56-58,60,87-89,94H,5-8,12,16-20,29-32,40-42,50-52,55,59,61-86H2,1-4H3,(H,99,100)(H,101,102)/b13-9-,14-10-,15-11-,25-21-,26-22-,27-23-,28-24-,37-33-,38-34-,39-35-,46-43-,47-44-,48-45-,49-36-,57-53-,58-54-,60-56-. The molecule has 0 aromatic rings. The summed E-state index contributed by atoms with van der Waals surface area (Å²) in [4.78, 5) is 73.3. The number of aliphatic hydroxyl groups is 1. The molecule has 0 aliphatic rings. The number of allylic oxidation sites excluding steroid dienone is 34. The predicted octanol–water partition coefficient (Wildman–Crippen LogP) is 25.4. The fraction of sp³-hybridized carbons (Fsp3) is 0.591. The van der Waals surface area contributed by atoms with Crippen LogP contribution in [0.15, 0.2) is 207 Å². The van der Waals surface area contributed by atoms with Gasteiger partial charge in [-0.2, -0.15) is 0 Å². The van der Waals surface area contributed by atoms with Crippen LogP contribution in [0.1, 0.15) is 297 Å². The van der Waals surface area contributed by atoms with Gasteiger partial charge in [0.1, 0.15) is 19.3 Å². The minimum atomic E-state index is -5.02. The number of esters is 4. The first kappa shape index (κ1) is 106. The molecule has 5 atom stereocenters. The van der Waals surface area contributed by atoms with E-state index < -0.39 is 97.5 Å². The molecule has 0 saturated carbocycles. The molecule has 19 heteroatoms. The second-order valence-electron chi connectivity index (χ2n) is 27.3. The quantitative estimate of drug-likeness (QED) is 0.0169. The summed E-state index contributed by atoms with van der Waals surface area (Å²) in [7, 11) is -10.0. The summed E-state index contributed by atoms with van der Waals surface area (Å²) in [6.45, 7) is 4.36. The smallest absolute Gasteiger partial charge is 0.462 e. The zero-order chi connectivity index (χ0) is 81.7. The van der Waals surface area contributed by atoms with Gasteiger partial charge in [-0.05, 0) is 193 Å². The SMILES string of the molecule is CC/C=C\C/C=C\C/C=C\C/C=C\C/C=C\CCCCCC(=O)OCC(COP(=O)(O)OCC(O)COP(=O)(O)OCC(COC(=O)CCCCC/C=C\C/C=C\C/C=C\C/C=C\C/C=C\CC)OC(=O)CCCCCCC/C=C\C/C=C\CCCCC)OC(=O)CCCCC/C=C\C/C=C\C/C=C\C/C=C\C/C=C\CC. The fourth-order valence-corrected chi connectivity index (χ4v) is 12.0. The van der Waals surface area contributed by atoms with E-state index in [-0.39, 0.29) is 25.7 Å². The van der Waals surface area contributed by atoms with Crippen molar-refractivity contribution in [1.29, 1.82) is 0 Å². The van der Waals surface area contributed by atoms with Gasteiger partial charge in [-0.25, -0.2) is 9.13 Å². The normalized spacial score (nSPS) is 14.8. The van der Waals surface area contributed by atoms with Crippen LogP contribution in [0.5, 0.6) is 0 Å². The number of phosphoric ester groups is 2. The van der Waals surface area contributed by atoms with Gasteiger partial charge in [0.15, 0.2) is 12.2 Å². The first-order chi connectivity index (χ1) is 54.7. The Hall–Kier alpha value is -6.36. The van der Waals surface area contributed by atoms with Crippen molar-refractivity contribution < 1.29 is 80.2 Å². The third-order valence-corrected chi connectivity index (χ3v) is 18.6. The molecule has 0 aromatic carbocycles. The van der Waals surface area contributed by atoms with E-state index in [2.05, 4.69) is 234 Å². The van der Waals surface area contributed by atoms with Crippen LogP contribution in [0.4, 0.5) is 0 Å². The highest BCUT2D eigenvalue weighted by atomic mass is 31.2. The number of phosphoric acid groups is 2. The molecular formula is C93H148O17P2. The summed E-state index contributed by atoms with van der Waals surface area (Å²) in [6.07, 6.45) is 104. The fourth-order valence-electron chi connectivity index (χ4n) is 10.4. The van der Waals surface area contributed by atoms with Crippen molar-refractivity contribution in [3.63, 3.8) is 0 Å². The van der Waals surface area contributed by atoms with Gasteiger partial charge in [-0.3, -0.25) is 37.3 Å². The van der Waals surface area contributed by atoms with E-state index in [4.69, 9.17) is 37.0 Å². The van der Waals surface area contributed by atoms with Gasteiger partial charge >= 0.3 is 39.5 Å². The molecule has 0 spiro atoms. The molecule has 0 rings (SSSR count). The third-order valence-electron chi connectivity index (χ3n) is 16.7. The Bertz CT molecular complexity index is 2940. The van der Waals surface area contributed by atoms with Gasteiger partial charge in [-0.15, -0.1) is 0 Å². The number of unbranched alkanes of at least 4 members (excludes halogenated alkanes) is 17. The van der Waals surface area contributed by atoms with Gasteiger partial charge in [0.25, 0.3) is 0 Å². The van der Waals surface area contributed by atoms with Crippen LogP contribution in [0, 0.1) is 0 Å². The van der Waals surface area contributed by atoms with Crippen LogP contribution in [0.25, 0.3) is 0 Å². The van der Waals surface area contributed by atoms with E-state index in [1.165, 1.54) is 19.3 Å². The molecular weight excluding hydrogens is 1450 g/mol. The third kappa shape index (κ3) is 81.6. The van der Waals surface area contributed by atoms with Gasteiger partial charge in [-0.1, -0.05) is 286 Å². The molecule has 112 heavy (non-hydrogen) atoms. The van der Waals surface area contributed by atoms with E-state index in [1.54, 1.807) is 0 Å². The number of carbonyl (C=O) groups is 4. The van der Waals surface area contributed by atoms with Crippen molar-refractivity contribution in [2.75, 3.05) is 39.6 Å². The van der Waals surface area contributed by atoms with E-state index >= 15 is 0 Å². The summed E-state index contributed by atoms with van der Waals surface area (Å²) < 4.78 is 68.7. The zero-order valence-electron chi connectivity index (χ0n) is 69.3. The van der Waals surface area contributed by atoms with Crippen LogP contribution in [0.2, 0.25) is 0 Å². The van der Waals surface area contributed by atoms with E-state index in [1.807, 2.05) is 0 Å². The molecule has 0 heterocycles. The number of hydrogen-bond donors (Lipinski definition) is 3. The number of carbonyl (C=O) groups excluding carboxylic acids is 4. The average molecular weight is 1600 g/mol. The van der Waals surface area contributed by atoms with Crippen LogP contribution >= 0.6 is 15.6 Å². The molecule has 3 N–H and O–H groups in total. The lowest BCUT2D eigenvalue weighted by atomic mass is 10.1. The van der Waals surface area contributed by atoms with Crippen molar-refractivity contribution in [1.82, 2.24) is 0 Å². The van der Waals surface area contributed by atoms with Crippen molar-refractivity contribution in [3.8, 4) is 0 Å². The molecule has 0 aliphatic carbocycles. The molecule has 0 amide bonds. The maximum Gasteiger partial charge on any atom is 0.472 e. The molecule has 0 saturated heterocycles. The van der Waals surface area contributed by atoms with Crippen molar-refractivity contribution in [2.24, 2.45) is 0 Å². The monoisotopic (exact) mass is 1600 g/mol. The number of hydrogen-bond acceptors (Lipinski definition) is 15. The lowest BCUT2D eigenvalue weighted by Gasteiger charge is -2.21. The minimum absolute atomic E-state index is 0.0382. The molecule has 5 unspecified atom stereocenters. The van der Waals surface area contributed by atoms with E-state index in [9.17, 15) is 43.2 Å². The number of rotatable bonds is 77. The summed E-state index contributed by atoms with van der Waals surface area (Å²) in [5, 5.41) is 10.7. The topological polar surface area (TPSA) is 237 Å². The minimum Gasteiger partial charge on any atom is -0.462 e. The Morgan fingerprint density at radius 3 is 0.723 bits per heavy atom. The lowest BCUT2D eigenvalue weighted by molar-refractivity contribution is -0.161. The number of ether oxygens (including phenoxy) is 4. The number of aliphatic hydroxyl groups excluding tert-OH is 1. The van der Waals surface area contributed by atoms with Crippen molar-refractivity contribution in [2.45, 2.75) is 316 Å². The Labute approximate surface area is 678 Å². The average Bonchev–Trinajstić information content (AvgIpc) is 0.898. The molecule has 0 aliphatic heterocycles. The van der Waals surface area contributed by atoms with Crippen molar-refractivity contribution >= 4 is 39.5 Å². The maximum atomic E-state index is 13.1. The second kappa shape index (κ2) is 82.6. The van der Waals surface area contributed by atoms with Crippen LogP contribution in [0.3, 0.4) is 0 Å². The Morgan fingerprint density at radius 2 is 0.464 bits per heavy atom. The summed E-state index contributed by atoms with van der Waals surface area (Å²) in [5.74, 6) is -2.32. The van der Waals surface area contributed by atoms with Crippen molar-refractivity contribution in [3.05, 3.63) is 207 Å². The van der Waals surface area contributed by atoms with Crippen LogP contribution in [-0.2, 0) is 65.4 Å². The highest BCUT2D eigenvalue weighted by Gasteiger charge is 2.30. The maximum absolute atomic E-state index is 13.1. The summed E-state index contributed by atoms with van der Waals surface area (Å²) in [6, 6.07) is 0.